The summed E-state index contributed by atoms with van der Waals surface area (Å²) in [6.45, 7) is 5.88. The summed E-state index contributed by atoms with van der Waals surface area (Å²) in [6.07, 6.45) is 3.27. The van der Waals surface area contributed by atoms with Crippen molar-refractivity contribution in [2.75, 3.05) is 26.2 Å². The van der Waals surface area contributed by atoms with Gasteiger partial charge in [0.15, 0.2) is 0 Å². The summed E-state index contributed by atoms with van der Waals surface area (Å²) in [4.78, 5) is 14.9. The molecule has 4 nitrogen and oxygen atoms in total. The van der Waals surface area contributed by atoms with Crippen molar-refractivity contribution in [2.45, 2.75) is 38.1 Å². The number of carbonyl (C=O) groups is 1. The molecule has 1 aromatic rings. The zero-order chi connectivity index (χ0) is 15.1. The van der Waals surface area contributed by atoms with Crippen LogP contribution in [0, 0.1) is 0 Å². The van der Waals surface area contributed by atoms with Crippen LogP contribution in [-0.4, -0.2) is 43.0 Å². The lowest BCUT2D eigenvalue weighted by molar-refractivity contribution is -0.123. The van der Waals surface area contributed by atoms with Crippen LogP contribution in [0.4, 0.5) is 0 Å². The number of nitrogens with two attached hydrogens (primary N) is 1. The second-order valence-corrected chi connectivity index (χ2v) is 5.82. The molecule has 0 aliphatic carbocycles. The van der Waals surface area contributed by atoms with Gasteiger partial charge in [-0.2, -0.15) is 0 Å². The molecule has 1 unspecified atom stereocenters. The lowest BCUT2D eigenvalue weighted by Gasteiger charge is -2.32. The van der Waals surface area contributed by atoms with Gasteiger partial charge in [0.1, 0.15) is 0 Å². The Balaban J connectivity index is 0.00000242. The fraction of sp³-hybridized carbons (Fsp3) is 0.588. The summed E-state index contributed by atoms with van der Waals surface area (Å²) < 4.78 is 0. The molecule has 1 aliphatic rings. The van der Waals surface area contributed by atoms with Crippen LogP contribution >= 0.6 is 24.8 Å². The third kappa shape index (κ3) is 6.68. The Labute approximate surface area is 152 Å². The summed E-state index contributed by atoms with van der Waals surface area (Å²) in [5.74, 6) is -0.169. The van der Waals surface area contributed by atoms with Gasteiger partial charge in [-0.15, -0.1) is 24.8 Å². The molecule has 1 aromatic carbocycles. The number of rotatable bonds is 6. The molecule has 0 radical (unpaired) electrons. The second kappa shape index (κ2) is 11.7. The van der Waals surface area contributed by atoms with E-state index in [2.05, 4.69) is 17.1 Å². The van der Waals surface area contributed by atoms with Gasteiger partial charge in [0, 0.05) is 25.7 Å². The molecule has 132 valence electrons. The normalized spacial score (nSPS) is 16.8. The molecule has 2 rings (SSSR count). The topological polar surface area (TPSA) is 58.4 Å². The fourth-order valence-corrected chi connectivity index (χ4v) is 3.00. The fourth-order valence-electron chi connectivity index (χ4n) is 3.00. The van der Waals surface area contributed by atoms with Crippen LogP contribution in [0.1, 0.15) is 37.7 Å². The Morgan fingerprint density at radius 2 is 1.87 bits per heavy atom. The van der Waals surface area contributed by atoms with Crippen LogP contribution in [0.15, 0.2) is 30.3 Å². The first-order valence-corrected chi connectivity index (χ1v) is 8.02. The quantitative estimate of drug-likeness (QED) is 0.818. The lowest BCUT2D eigenvalue weighted by atomic mass is 9.97. The molecular formula is C17H29Cl2N3O. The number of likely N-dealkylation sites (tertiary alicyclic amines) is 1. The van der Waals surface area contributed by atoms with E-state index in [-0.39, 0.29) is 36.6 Å². The molecule has 3 N–H and O–H groups in total. The van der Waals surface area contributed by atoms with Crippen LogP contribution in [0.2, 0.25) is 0 Å². The third-order valence-corrected chi connectivity index (χ3v) is 4.23. The van der Waals surface area contributed by atoms with Gasteiger partial charge in [-0.05, 0) is 31.4 Å². The minimum atomic E-state index is -0.236. The average Bonchev–Trinajstić information content (AvgIpc) is 2.51. The van der Waals surface area contributed by atoms with Crippen molar-refractivity contribution in [3.8, 4) is 0 Å². The molecule has 1 atom stereocenters. The van der Waals surface area contributed by atoms with Crippen molar-refractivity contribution in [1.29, 1.82) is 0 Å². The van der Waals surface area contributed by atoms with E-state index in [1.807, 2.05) is 30.3 Å². The number of hydrogen-bond acceptors (Lipinski definition) is 3. The van der Waals surface area contributed by atoms with E-state index in [0.29, 0.717) is 12.6 Å². The minimum absolute atomic E-state index is 0. The number of carbonyl (C=O) groups excluding carboxylic acids is 1. The molecule has 0 bridgehead atoms. The van der Waals surface area contributed by atoms with Gasteiger partial charge in [0.05, 0.1) is 5.92 Å². The zero-order valence-corrected chi connectivity index (χ0v) is 15.4. The van der Waals surface area contributed by atoms with Crippen LogP contribution in [0.5, 0.6) is 0 Å². The molecule has 0 aromatic heterocycles. The molecule has 0 saturated carbocycles. The van der Waals surface area contributed by atoms with Gasteiger partial charge in [-0.3, -0.25) is 4.79 Å². The number of amides is 1. The number of halogens is 2. The van der Waals surface area contributed by atoms with Crippen molar-refractivity contribution in [3.05, 3.63) is 35.9 Å². The van der Waals surface area contributed by atoms with E-state index in [4.69, 9.17) is 5.73 Å². The van der Waals surface area contributed by atoms with Crippen molar-refractivity contribution in [3.63, 3.8) is 0 Å². The van der Waals surface area contributed by atoms with Crippen molar-refractivity contribution in [2.24, 2.45) is 5.73 Å². The van der Waals surface area contributed by atoms with Gasteiger partial charge in [-0.25, -0.2) is 0 Å². The van der Waals surface area contributed by atoms with Crippen molar-refractivity contribution in [1.82, 2.24) is 10.2 Å². The van der Waals surface area contributed by atoms with Crippen LogP contribution < -0.4 is 11.1 Å². The molecule has 1 aliphatic heterocycles. The molecule has 1 saturated heterocycles. The van der Waals surface area contributed by atoms with Gasteiger partial charge in [0.2, 0.25) is 5.91 Å². The number of nitrogens with one attached hydrogen (secondary N) is 1. The predicted octanol–water partition coefficient (Wildman–Crippen LogP) is 2.56. The van der Waals surface area contributed by atoms with E-state index >= 15 is 0 Å². The first kappa shape index (κ1) is 22.2. The van der Waals surface area contributed by atoms with Gasteiger partial charge < -0.3 is 16.0 Å². The summed E-state index contributed by atoms with van der Waals surface area (Å²) in [5.41, 5.74) is 6.80. The van der Waals surface area contributed by atoms with E-state index in [1.165, 1.54) is 6.42 Å². The smallest absolute Gasteiger partial charge is 0.229 e. The van der Waals surface area contributed by atoms with Crippen molar-refractivity contribution < 1.29 is 4.79 Å². The summed E-state index contributed by atoms with van der Waals surface area (Å²) >= 11 is 0. The number of piperidine rings is 1. The SMILES string of the molecule is CCCN1CCC(NC(=O)C(CN)c2ccccc2)CC1.Cl.Cl. The maximum absolute atomic E-state index is 12.4. The highest BCUT2D eigenvalue weighted by Crippen LogP contribution is 2.16. The highest BCUT2D eigenvalue weighted by molar-refractivity contribution is 5.85. The number of hydrogen-bond donors (Lipinski definition) is 2. The Kier molecular flexibility index (Phi) is 11.3. The average molecular weight is 362 g/mol. The van der Waals surface area contributed by atoms with Gasteiger partial charge in [-0.1, -0.05) is 37.3 Å². The van der Waals surface area contributed by atoms with Gasteiger partial charge in [0.25, 0.3) is 0 Å². The minimum Gasteiger partial charge on any atom is -0.353 e. The Morgan fingerprint density at radius 3 is 2.39 bits per heavy atom. The predicted molar refractivity (Wildman–Crippen MR) is 101 cm³/mol. The van der Waals surface area contributed by atoms with Crippen LogP contribution in [0.3, 0.4) is 0 Å². The van der Waals surface area contributed by atoms with E-state index in [0.717, 1.165) is 38.0 Å². The largest absolute Gasteiger partial charge is 0.353 e. The van der Waals surface area contributed by atoms with Gasteiger partial charge >= 0.3 is 0 Å². The first-order valence-electron chi connectivity index (χ1n) is 8.02. The molecule has 23 heavy (non-hydrogen) atoms. The maximum Gasteiger partial charge on any atom is 0.229 e. The van der Waals surface area contributed by atoms with E-state index in [9.17, 15) is 4.79 Å². The monoisotopic (exact) mass is 361 g/mol. The van der Waals surface area contributed by atoms with E-state index in [1.54, 1.807) is 0 Å². The molecular weight excluding hydrogens is 333 g/mol. The summed E-state index contributed by atoms with van der Waals surface area (Å²) in [5, 5.41) is 3.19. The zero-order valence-electron chi connectivity index (χ0n) is 13.7. The summed E-state index contributed by atoms with van der Waals surface area (Å²) in [6, 6.07) is 10.1. The standard InChI is InChI=1S/C17H27N3O.2ClH/c1-2-10-20-11-8-15(9-12-20)19-17(21)16(13-18)14-6-4-3-5-7-14;;/h3-7,15-16H,2,8-13,18H2,1H3,(H,19,21);2*1H. The second-order valence-electron chi connectivity index (χ2n) is 5.82. The molecule has 1 heterocycles. The van der Waals surface area contributed by atoms with Crippen LogP contribution in [0.25, 0.3) is 0 Å². The summed E-state index contributed by atoms with van der Waals surface area (Å²) in [7, 11) is 0. The Morgan fingerprint density at radius 1 is 1.26 bits per heavy atom. The van der Waals surface area contributed by atoms with E-state index < -0.39 is 0 Å². The molecule has 6 heteroatoms. The lowest BCUT2D eigenvalue weighted by Crippen LogP contribution is -2.46. The molecule has 0 spiro atoms. The maximum atomic E-state index is 12.4. The molecule has 1 amide bonds. The highest BCUT2D eigenvalue weighted by Gasteiger charge is 2.24. The van der Waals surface area contributed by atoms with Crippen LogP contribution in [-0.2, 0) is 4.79 Å². The number of benzene rings is 1. The number of nitrogens with zero attached hydrogens (tertiary/aromatic N) is 1. The van der Waals surface area contributed by atoms with Crippen molar-refractivity contribution >= 4 is 30.7 Å². The Bertz CT molecular complexity index is 437. The highest BCUT2D eigenvalue weighted by atomic mass is 35.5. The third-order valence-electron chi connectivity index (χ3n) is 4.23. The first-order chi connectivity index (χ1) is 10.2. The Hall–Kier alpha value is -0.810. The molecule has 1 fully saturated rings.